The Labute approximate surface area is 153 Å². The van der Waals surface area contributed by atoms with Crippen LogP contribution in [-0.4, -0.2) is 49.4 Å². The molecular weight excluding hydrogens is 341 g/mol. The van der Waals surface area contributed by atoms with Gasteiger partial charge in [0, 0.05) is 25.6 Å². The van der Waals surface area contributed by atoms with Crippen molar-refractivity contribution in [2.75, 3.05) is 26.3 Å². The number of ether oxygens (including phenoxy) is 3. The number of piperidine rings is 1. The maximum absolute atomic E-state index is 14.0. The van der Waals surface area contributed by atoms with Crippen molar-refractivity contribution in [1.82, 2.24) is 4.90 Å². The summed E-state index contributed by atoms with van der Waals surface area (Å²) in [5.74, 6) is -1.08. The highest BCUT2D eigenvalue weighted by Gasteiger charge is 2.17. The number of hydrogen-bond acceptors (Lipinski definition) is 5. The van der Waals surface area contributed by atoms with Gasteiger partial charge in [0.05, 0.1) is 24.9 Å². The van der Waals surface area contributed by atoms with Gasteiger partial charge in [0.2, 0.25) is 0 Å². The second-order valence-electron chi connectivity index (χ2n) is 6.46. The average molecular weight is 367 g/mol. The molecule has 0 aliphatic carbocycles. The molecule has 0 N–H and O–H groups in total. The maximum Gasteiger partial charge on any atom is 0.409 e. The summed E-state index contributed by atoms with van der Waals surface area (Å²) in [6.07, 6.45) is 3.09. The first-order valence-corrected chi connectivity index (χ1v) is 9.02. The number of nitrogens with zero attached hydrogens (tertiary/aromatic N) is 1. The highest BCUT2D eigenvalue weighted by atomic mass is 19.1. The van der Waals surface area contributed by atoms with Crippen LogP contribution in [0.3, 0.4) is 0 Å². The molecule has 1 aromatic carbocycles. The van der Waals surface area contributed by atoms with Gasteiger partial charge in [-0.05, 0) is 45.2 Å². The lowest BCUT2D eigenvalue weighted by Crippen LogP contribution is -2.36. The second kappa shape index (κ2) is 9.99. The summed E-state index contributed by atoms with van der Waals surface area (Å²) in [6, 6.07) is 4.00. The SMILES string of the molecule is CC(C)OC(=O)c1ccc(OCCCOC(=O)N2CCCCC2)cc1F. The fourth-order valence-electron chi connectivity index (χ4n) is 2.60. The molecule has 0 atom stereocenters. The summed E-state index contributed by atoms with van der Waals surface area (Å²) in [4.78, 5) is 25.3. The topological polar surface area (TPSA) is 65.1 Å². The molecule has 1 aliphatic heterocycles. The molecule has 144 valence electrons. The molecular formula is C19H26FNO5. The summed E-state index contributed by atoms with van der Waals surface area (Å²) >= 11 is 0. The number of carbonyl (C=O) groups is 2. The van der Waals surface area contributed by atoms with Crippen LogP contribution in [0.25, 0.3) is 0 Å². The first kappa shape index (κ1) is 20.0. The first-order valence-electron chi connectivity index (χ1n) is 9.02. The predicted molar refractivity (Wildman–Crippen MR) is 93.8 cm³/mol. The van der Waals surface area contributed by atoms with E-state index in [4.69, 9.17) is 14.2 Å². The number of rotatable bonds is 7. The molecule has 1 aromatic rings. The molecule has 1 amide bonds. The van der Waals surface area contributed by atoms with Crippen LogP contribution in [0.1, 0.15) is 49.9 Å². The monoisotopic (exact) mass is 367 g/mol. The zero-order chi connectivity index (χ0) is 18.9. The standard InChI is InChI=1S/C19H26FNO5/c1-14(2)26-18(22)16-8-7-15(13-17(16)20)24-11-6-12-25-19(23)21-9-4-3-5-10-21/h7-8,13-14H,3-6,9-12H2,1-2H3. The molecule has 1 aliphatic rings. The van der Waals surface area contributed by atoms with Gasteiger partial charge in [-0.1, -0.05) is 0 Å². The smallest absolute Gasteiger partial charge is 0.409 e. The van der Waals surface area contributed by atoms with Gasteiger partial charge < -0.3 is 19.1 Å². The van der Waals surface area contributed by atoms with Gasteiger partial charge in [0.15, 0.2) is 0 Å². The molecule has 2 rings (SSSR count). The Morgan fingerprint density at radius 1 is 1.15 bits per heavy atom. The molecule has 0 unspecified atom stereocenters. The van der Waals surface area contributed by atoms with E-state index in [0.29, 0.717) is 12.2 Å². The lowest BCUT2D eigenvalue weighted by atomic mass is 10.1. The summed E-state index contributed by atoms with van der Waals surface area (Å²) < 4.78 is 29.6. The third-order valence-electron chi connectivity index (χ3n) is 3.90. The number of hydrogen-bond donors (Lipinski definition) is 0. The Morgan fingerprint density at radius 2 is 1.88 bits per heavy atom. The van der Waals surface area contributed by atoms with E-state index in [0.717, 1.165) is 38.4 Å². The summed E-state index contributed by atoms with van der Waals surface area (Å²) in [6.45, 7) is 5.43. The number of benzene rings is 1. The lowest BCUT2D eigenvalue weighted by Gasteiger charge is -2.25. The third-order valence-corrected chi connectivity index (χ3v) is 3.90. The van der Waals surface area contributed by atoms with Gasteiger partial charge >= 0.3 is 12.1 Å². The van der Waals surface area contributed by atoms with Crippen LogP contribution in [0, 0.1) is 5.82 Å². The Balaban J connectivity index is 1.70. The average Bonchev–Trinajstić information content (AvgIpc) is 2.61. The molecule has 1 saturated heterocycles. The van der Waals surface area contributed by atoms with E-state index >= 15 is 0 Å². The lowest BCUT2D eigenvalue weighted by molar-refractivity contribution is 0.0372. The molecule has 26 heavy (non-hydrogen) atoms. The second-order valence-corrected chi connectivity index (χ2v) is 6.46. The summed E-state index contributed by atoms with van der Waals surface area (Å²) in [7, 11) is 0. The number of likely N-dealkylation sites (tertiary alicyclic amines) is 1. The van der Waals surface area contributed by atoms with E-state index in [-0.39, 0.29) is 31.0 Å². The van der Waals surface area contributed by atoms with Crippen LogP contribution in [0.2, 0.25) is 0 Å². The Hall–Kier alpha value is -2.31. The molecule has 0 aromatic heterocycles. The number of amides is 1. The minimum Gasteiger partial charge on any atom is -0.493 e. The molecule has 0 saturated carbocycles. The van der Waals surface area contributed by atoms with E-state index in [2.05, 4.69) is 0 Å². The highest BCUT2D eigenvalue weighted by Crippen LogP contribution is 2.18. The summed E-state index contributed by atoms with van der Waals surface area (Å²) in [5.41, 5.74) is -0.124. The maximum atomic E-state index is 14.0. The van der Waals surface area contributed by atoms with Crippen LogP contribution in [0.4, 0.5) is 9.18 Å². The zero-order valence-corrected chi connectivity index (χ0v) is 15.3. The zero-order valence-electron chi connectivity index (χ0n) is 15.3. The van der Waals surface area contributed by atoms with Crippen molar-refractivity contribution < 1.29 is 28.2 Å². The Bertz CT molecular complexity index is 614. The molecule has 0 spiro atoms. The van der Waals surface area contributed by atoms with Crippen LogP contribution in [0.15, 0.2) is 18.2 Å². The van der Waals surface area contributed by atoms with Gasteiger partial charge in [0.25, 0.3) is 0 Å². The van der Waals surface area contributed by atoms with E-state index < -0.39 is 11.8 Å². The van der Waals surface area contributed by atoms with Gasteiger partial charge in [-0.3, -0.25) is 0 Å². The largest absolute Gasteiger partial charge is 0.493 e. The van der Waals surface area contributed by atoms with Crippen molar-refractivity contribution >= 4 is 12.1 Å². The number of esters is 1. The van der Waals surface area contributed by atoms with Crippen LogP contribution < -0.4 is 4.74 Å². The molecule has 0 bridgehead atoms. The Kier molecular flexibility index (Phi) is 7.69. The summed E-state index contributed by atoms with van der Waals surface area (Å²) in [5, 5.41) is 0. The van der Waals surface area contributed by atoms with Crippen molar-refractivity contribution in [1.29, 1.82) is 0 Å². The van der Waals surface area contributed by atoms with Crippen molar-refractivity contribution in [3.05, 3.63) is 29.6 Å². The van der Waals surface area contributed by atoms with Gasteiger partial charge in [-0.15, -0.1) is 0 Å². The first-order chi connectivity index (χ1) is 12.5. The van der Waals surface area contributed by atoms with Crippen molar-refractivity contribution in [2.45, 2.75) is 45.6 Å². The van der Waals surface area contributed by atoms with E-state index in [1.54, 1.807) is 18.7 Å². The van der Waals surface area contributed by atoms with Gasteiger partial charge in [-0.25, -0.2) is 14.0 Å². The Morgan fingerprint density at radius 3 is 2.54 bits per heavy atom. The number of carbonyl (C=O) groups excluding carboxylic acids is 2. The van der Waals surface area contributed by atoms with Crippen molar-refractivity contribution in [3.63, 3.8) is 0 Å². The van der Waals surface area contributed by atoms with Crippen LogP contribution in [0.5, 0.6) is 5.75 Å². The number of halogens is 1. The fraction of sp³-hybridized carbons (Fsp3) is 0.579. The van der Waals surface area contributed by atoms with Crippen molar-refractivity contribution in [2.24, 2.45) is 0 Å². The molecule has 7 heteroatoms. The quantitative estimate of drug-likeness (QED) is 0.542. The molecule has 6 nitrogen and oxygen atoms in total. The van der Waals surface area contributed by atoms with Gasteiger partial charge in [-0.2, -0.15) is 0 Å². The van der Waals surface area contributed by atoms with E-state index in [1.807, 2.05) is 0 Å². The molecule has 1 heterocycles. The van der Waals surface area contributed by atoms with Crippen LogP contribution in [-0.2, 0) is 9.47 Å². The highest BCUT2D eigenvalue weighted by molar-refractivity contribution is 5.90. The van der Waals surface area contributed by atoms with Crippen LogP contribution >= 0.6 is 0 Å². The third kappa shape index (κ3) is 6.20. The fourth-order valence-corrected chi connectivity index (χ4v) is 2.60. The van der Waals surface area contributed by atoms with E-state index in [9.17, 15) is 14.0 Å². The van der Waals surface area contributed by atoms with Gasteiger partial charge in [0.1, 0.15) is 11.6 Å². The van der Waals surface area contributed by atoms with Crippen molar-refractivity contribution in [3.8, 4) is 5.75 Å². The molecule has 1 fully saturated rings. The molecule has 0 radical (unpaired) electrons. The minimum absolute atomic E-state index is 0.124. The van der Waals surface area contributed by atoms with E-state index in [1.165, 1.54) is 12.1 Å². The predicted octanol–water partition coefficient (Wildman–Crippen LogP) is 3.78. The normalized spacial score (nSPS) is 14.2. The minimum atomic E-state index is -0.700.